The van der Waals surface area contributed by atoms with Crippen LogP contribution in [0.4, 0.5) is 4.79 Å². The molecule has 0 rings (SSSR count). The van der Waals surface area contributed by atoms with Gasteiger partial charge < -0.3 is 15.3 Å². The Morgan fingerprint density at radius 3 is 2.40 bits per heavy atom. The van der Waals surface area contributed by atoms with E-state index in [1.54, 1.807) is 11.8 Å². The number of nitrogens with zero attached hydrogens (tertiary/aromatic N) is 1. The van der Waals surface area contributed by atoms with Crippen molar-refractivity contribution in [2.45, 2.75) is 25.9 Å². The van der Waals surface area contributed by atoms with Crippen LogP contribution in [0.3, 0.4) is 0 Å². The molecule has 0 aliphatic rings. The molecule has 0 aromatic carbocycles. The first-order valence-electron chi connectivity index (χ1n) is 4.65. The summed E-state index contributed by atoms with van der Waals surface area (Å²) in [6, 6.07) is -1.13. The predicted molar refractivity (Wildman–Crippen MR) is 61.2 cm³/mol. The van der Waals surface area contributed by atoms with Crippen LogP contribution in [0.25, 0.3) is 0 Å². The molecule has 15 heavy (non-hydrogen) atoms. The summed E-state index contributed by atoms with van der Waals surface area (Å²) in [4.78, 5) is 23.3. The van der Waals surface area contributed by atoms with Crippen molar-refractivity contribution in [3.63, 3.8) is 0 Å². The highest BCUT2D eigenvalue weighted by atomic mass is 32.2. The number of thioether (sulfide) groups is 1. The van der Waals surface area contributed by atoms with Crippen LogP contribution in [0.1, 0.15) is 13.8 Å². The molecule has 0 fully saturated rings. The monoisotopic (exact) mass is 234 g/mol. The molecule has 0 aliphatic carbocycles. The van der Waals surface area contributed by atoms with Crippen LogP contribution in [-0.4, -0.2) is 53.1 Å². The minimum absolute atomic E-state index is 0.0379. The molecule has 0 saturated heterocycles. The van der Waals surface area contributed by atoms with Crippen molar-refractivity contribution in [2.24, 2.45) is 0 Å². The summed E-state index contributed by atoms with van der Waals surface area (Å²) in [5, 5.41) is 11.4. The number of urea groups is 1. The maximum atomic E-state index is 11.5. The lowest BCUT2D eigenvalue weighted by Crippen LogP contribution is -2.48. The van der Waals surface area contributed by atoms with E-state index in [2.05, 4.69) is 5.32 Å². The van der Waals surface area contributed by atoms with Gasteiger partial charge in [0, 0.05) is 18.8 Å². The van der Waals surface area contributed by atoms with Gasteiger partial charge in [-0.2, -0.15) is 11.8 Å². The number of aliphatic carboxylic acids is 1. The molecule has 0 radical (unpaired) electrons. The Bertz CT molecular complexity index is 235. The highest BCUT2D eigenvalue weighted by molar-refractivity contribution is 7.98. The van der Waals surface area contributed by atoms with Gasteiger partial charge in [0.2, 0.25) is 0 Å². The topological polar surface area (TPSA) is 69.6 Å². The number of hydrogen-bond acceptors (Lipinski definition) is 3. The molecular weight excluding hydrogens is 216 g/mol. The van der Waals surface area contributed by atoms with Gasteiger partial charge in [0.15, 0.2) is 0 Å². The second-order valence-electron chi connectivity index (χ2n) is 3.43. The van der Waals surface area contributed by atoms with Crippen LogP contribution < -0.4 is 5.32 Å². The summed E-state index contributed by atoms with van der Waals surface area (Å²) < 4.78 is 0. The third kappa shape index (κ3) is 4.92. The van der Waals surface area contributed by atoms with Gasteiger partial charge in [-0.1, -0.05) is 0 Å². The maximum absolute atomic E-state index is 11.5. The molecule has 2 amide bonds. The molecule has 0 aliphatic heterocycles. The summed E-state index contributed by atoms with van der Waals surface area (Å²) in [6.45, 7) is 3.36. The van der Waals surface area contributed by atoms with Gasteiger partial charge in [-0.05, 0) is 20.1 Å². The molecule has 0 aromatic heterocycles. The van der Waals surface area contributed by atoms with Crippen LogP contribution in [0.2, 0.25) is 0 Å². The number of nitrogens with one attached hydrogen (secondary N) is 1. The van der Waals surface area contributed by atoms with E-state index in [0.29, 0.717) is 0 Å². The van der Waals surface area contributed by atoms with E-state index < -0.39 is 12.0 Å². The van der Waals surface area contributed by atoms with Gasteiger partial charge in [-0.3, -0.25) is 0 Å². The molecule has 0 heterocycles. The van der Waals surface area contributed by atoms with Crippen molar-refractivity contribution >= 4 is 23.8 Å². The molecule has 2 unspecified atom stereocenters. The van der Waals surface area contributed by atoms with Crippen molar-refractivity contribution in [3.05, 3.63) is 0 Å². The second kappa shape index (κ2) is 6.55. The van der Waals surface area contributed by atoms with Crippen LogP contribution in [0.5, 0.6) is 0 Å². The fraction of sp³-hybridized carbons (Fsp3) is 0.778. The van der Waals surface area contributed by atoms with Crippen molar-refractivity contribution in [1.29, 1.82) is 0 Å². The predicted octanol–water partition coefficient (Wildman–Crippen LogP) is 0.852. The number of carbonyl (C=O) groups excluding carboxylic acids is 1. The number of carbonyl (C=O) groups is 2. The second-order valence-corrected chi connectivity index (χ2v) is 4.34. The minimum Gasteiger partial charge on any atom is -0.480 e. The Morgan fingerprint density at radius 2 is 2.00 bits per heavy atom. The summed E-state index contributed by atoms with van der Waals surface area (Å²) >= 11 is 1.63. The molecule has 2 atom stereocenters. The lowest BCUT2D eigenvalue weighted by Gasteiger charge is -2.24. The number of carboxylic acids is 1. The molecule has 0 aromatic rings. The zero-order valence-corrected chi connectivity index (χ0v) is 10.3. The van der Waals surface area contributed by atoms with E-state index in [1.165, 1.54) is 18.9 Å². The molecule has 6 heteroatoms. The Balaban J connectivity index is 4.15. The quantitative estimate of drug-likeness (QED) is 0.740. The Kier molecular flexibility index (Phi) is 6.15. The first-order chi connectivity index (χ1) is 6.90. The fourth-order valence-corrected chi connectivity index (χ4v) is 1.53. The van der Waals surface area contributed by atoms with Crippen LogP contribution in [0.15, 0.2) is 0 Å². The molecule has 0 spiro atoms. The van der Waals surface area contributed by atoms with E-state index in [1.807, 2.05) is 13.2 Å². The van der Waals surface area contributed by atoms with Crippen molar-refractivity contribution in [3.8, 4) is 0 Å². The van der Waals surface area contributed by atoms with Crippen LogP contribution >= 0.6 is 11.8 Å². The van der Waals surface area contributed by atoms with Crippen molar-refractivity contribution in [2.75, 3.05) is 19.1 Å². The number of likely N-dealkylation sites (N-methyl/N-ethyl adjacent to an activating group) is 1. The zero-order valence-electron chi connectivity index (χ0n) is 9.48. The SMILES string of the molecule is CSCC(C)NC(=O)N(C)C(C)C(=O)O. The first-order valence-corrected chi connectivity index (χ1v) is 6.04. The first kappa shape index (κ1) is 14.1. The van der Waals surface area contributed by atoms with Gasteiger partial charge in [-0.15, -0.1) is 0 Å². The number of rotatable bonds is 5. The largest absolute Gasteiger partial charge is 0.480 e. The fourth-order valence-electron chi connectivity index (χ4n) is 0.946. The smallest absolute Gasteiger partial charge is 0.326 e. The van der Waals surface area contributed by atoms with Crippen molar-refractivity contribution in [1.82, 2.24) is 10.2 Å². The average molecular weight is 234 g/mol. The summed E-state index contributed by atoms with van der Waals surface area (Å²) in [6.07, 6.45) is 1.95. The highest BCUT2D eigenvalue weighted by Crippen LogP contribution is 2.00. The zero-order chi connectivity index (χ0) is 12.0. The van der Waals surface area contributed by atoms with Gasteiger partial charge in [0.1, 0.15) is 6.04 Å². The average Bonchev–Trinajstić information content (AvgIpc) is 2.15. The van der Waals surface area contributed by atoms with E-state index >= 15 is 0 Å². The summed E-state index contributed by atoms with van der Waals surface area (Å²) in [5.74, 6) is -0.203. The number of hydrogen-bond donors (Lipinski definition) is 2. The van der Waals surface area contributed by atoms with E-state index in [9.17, 15) is 9.59 Å². The summed E-state index contributed by atoms with van der Waals surface area (Å²) in [5.41, 5.74) is 0. The van der Waals surface area contributed by atoms with Crippen LogP contribution in [0, 0.1) is 0 Å². The normalized spacial score (nSPS) is 14.1. The van der Waals surface area contributed by atoms with Gasteiger partial charge >= 0.3 is 12.0 Å². The lowest BCUT2D eigenvalue weighted by atomic mass is 10.3. The molecule has 88 valence electrons. The van der Waals surface area contributed by atoms with Crippen molar-refractivity contribution < 1.29 is 14.7 Å². The Labute approximate surface area is 94.2 Å². The summed E-state index contributed by atoms with van der Waals surface area (Å²) in [7, 11) is 1.47. The molecule has 2 N–H and O–H groups in total. The molecule has 0 saturated carbocycles. The molecular formula is C9H18N2O3S. The van der Waals surface area contributed by atoms with Gasteiger partial charge in [-0.25, -0.2) is 9.59 Å². The standard InChI is InChI=1S/C9H18N2O3S/c1-6(5-15-4)10-9(14)11(3)7(2)8(12)13/h6-7H,5H2,1-4H3,(H,10,14)(H,12,13). The Hall–Kier alpha value is -0.910. The number of amides is 2. The number of carboxylic acid groups (broad SMARTS) is 1. The lowest BCUT2D eigenvalue weighted by molar-refractivity contribution is -0.141. The third-order valence-corrected chi connectivity index (χ3v) is 2.88. The third-order valence-electron chi connectivity index (χ3n) is 2.05. The maximum Gasteiger partial charge on any atom is 0.326 e. The van der Waals surface area contributed by atoms with E-state index in [4.69, 9.17) is 5.11 Å². The van der Waals surface area contributed by atoms with Gasteiger partial charge in [0.25, 0.3) is 0 Å². The minimum atomic E-state index is -1.01. The molecule has 0 bridgehead atoms. The highest BCUT2D eigenvalue weighted by Gasteiger charge is 2.22. The van der Waals surface area contributed by atoms with E-state index in [0.717, 1.165) is 5.75 Å². The van der Waals surface area contributed by atoms with Crippen LogP contribution in [-0.2, 0) is 4.79 Å². The van der Waals surface area contributed by atoms with E-state index in [-0.39, 0.29) is 12.1 Å². The Morgan fingerprint density at radius 1 is 1.47 bits per heavy atom. The molecule has 5 nitrogen and oxygen atoms in total. The van der Waals surface area contributed by atoms with Gasteiger partial charge in [0.05, 0.1) is 0 Å².